The van der Waals surface area contributed by atoms with Crippen molar-refractivity contribution in [3.05, 3.63) is 60.8 Å². The number of aliphatic hydroxyl groups is 2. The fraction of sp³-hybridized carbons (Fsp3) is 0.729. The average Bonchev–Trinajstić information content (AvgIpc) is 3.47. The Morgan fingerprint density at radius 3 is 2.00 bits per heavy atom. The van der Waals surface area contributed by atoms with Gasteiger partial charge in [0.05, 0.1) is 40.0 Å². The minimum atomic E-state index is -4.46. The highest BCUT2D eigenvalue weighted by Gasteiger charge is 2.39. The zero-order chi connectivity index (χ0) is 45.2. The van der Waals surface area contributed by atoms with Gasteiger partial charge in [0.1, 0.15) is 25.5 Å². The van der Waals surface area contributed by atoms with Gasteiger partial charge in [0.15, 0.2) is 6.10 Å². The molecule has 0 aromatic carbocycles. The summed E-state index contributed by atoms with van der Waals surface area (Å²) >= 11 is 0. The number of phosphoric acid groups is 1. The maximum Gasteiger partial charge on any atom is 0.472 e. The third-order valence-corrected chi connectivity index (χ3v) is 11.4. The number of rotatable bonds is 37. The largest absolute Gasteiger partial charge is 0.472 e. The average molecular weight is 881 g/mol. The van der Waals surface area contributed by atoms with Crippen LogP contribution in [0.15, 0.2) is 60.8 Å². The number of carbonyl (C=O) groups is 3. The number of unbranched alkanes of at least 4 members (excludes halogenated alkanes) is 10. The molecule has 0 aromatic rings. The molecule has 3 N–H and O–H groups in total. The van der Waals surface area contributed by atoms with Crippen LogP contribution in [0.4, 0.5) is 0 Å². The van der Waals surface area contributed by atoms with Crippen LogP contribution in [0.1, 0.15) is 149 Å². The minimum Gasteiger partial charge on any atom is -0.462 e. The highest BCUT2D eigenvalue weighted by molar-refractivity contribution is 7.47. The first-order valence-electron chi connectivity index (χ1n) is 23.1. The molecule has 12 nitrogen and oxygen atoms in total. The topological polar surface area (TPSA) is 166 Å². The molecule has 0 radical (unpaired) electrons. The molecule has 1 unspecified atom stereocenters. The number of hydrogen-bond acceptors (Lipinski definition) is 10. The number of phosphoric ester groups is 1. The highest BCUT2D eigenvalue weighted by atomic mass is 31.2. The lowest BCUT2D eigenvalue weighted by atomic mass is 9.90. The van der Waals surface area contributed by atoms with Crippen LogP contribution in [0.5, 0.6) is 0 Å². The molecule has 0 heterocycles. The van der Waals surface area contributed by atoms with Gasteiger partial charge in [-0.1, -0.05) is 126 Å². The maximum atomic E-state index is 12.7. The third-order valence-electron chi connectivity index (χ3n) is 10.4. The van der Waals surface area contributed by atoms with Crippen molar-refractivity contribution in [2.75, 3.05) is 47.5 Å². The summed E-state index contributed by atoms with van der Waals surface area (Å²) in [5.41, 5.74) is 0. The van der Waals surface area contributed by atoms with E-state index in [9.17, 15) is 34.1 Å². The van der Waals surface area contributed by atoms with Gasteiger partial charge < -0.3 is 29.1 Å². The molecule has 1 aliphatic rings. The molecule has 1 saturated carbocycles. The van der Waals surface area contributed by atoms with Crippen molar-refractivity contribution < 1.29 is 57.1 Å². The van der Waals surface area contributed by atoms with Gasteiger partial charge in [-0.3, -0.25) is 23.4 Å². The lowest BCUT2D eigenvalue weighted by Gasteiger charge is -2.24. The molecule has 0 aliphatic heterocycles. The third kappa shape index (κ3) is 31.7. The summed E-state index contributed by atoms with van der Waals surface area (Å²) in [5, 5.41) is 20.7. The van der Waals surface area contributed by atoms with Crippen LogP contribution >= 0.6 is 7.82 Å². The van der Waals surface area contributed by atoms with Gasteiger partial charge in [-0.05, 0) is 64.2 Å². The standard InChI is InChI=1S/C48H82NO11P/c1-6-8-10-11-12-13-14-15-16-17-18-19-20-21-22-23-29-33-48(54)60-42(40-59-61(55,56)58-37-36-49(3,4)5)39-57-47(53)32-28-25-24-27-31-43-44(46(52)38-45(43)51)35-34-41(50)30-26-9-7-2/h15-16,18-19,21-22,24,27,34-35,41-44,46,50,52H,6-14,17,20,23,25-26,28-33,36-40H2,1-5H3/p+1/b16-15-,19-18-,22-21-,27-24-,35-34+/t41-,42+,43+,44+,46+/m0/s1. The van der Waals surface area contributed by atoms with Crippen LogP contribution in [0.2, 0.25) is 0 Å². The minimum absolute atomic E-state index is 0.00345. The number of nitrogens with zero attached hydrogens (tertiary/aromatic N) is 1. The van der Waals surface area contributed by atoms with Crippen LogP contribution in [0.3, 0.4) is 0 Å². The Hall–Kier alpha value is -2.70. The van der Waals surface area contributed by atoms with E-state index in [1.165, 1.54) is 38.5 Å². The summed E-state index contributed by atoms with van der Waals surface area (Å²) in [6.45, 7) is 3.93. The SMILES string of the molecule is CCCCCCCC/C=C\C/C=C\C/C=C\CCCC(=O)O[C@H](COC(=O)CCC/C=C\C[C@H]1C(=O)C[C@@H](O)[C@@H]1/C=C/[C@@H](O)CCCCC)COP(=O)(O)OCC[N+](C)(C)C. The number of hydrogen-bond donors (Lipinski definition) is 3. The molecule has 0 aromatic heterocycles. The van der Waals surface area contributed by atoms with Crippen molar-refractivity contribution in [3.8, 4) is 0 Å². The van der Waals surface area contributed by atoms with Crippen LogP contribution in [-0.2, 0) is 37.5 Å². The number of likely N-dealkylation sites (N-methyl/N-ethyl adjacent to an activating group) is 1. The van der Waals surface area contributed by atoms with E-state index in [1.807, 2.05) is 39.4 Å². The van der Waals surface area contributed by atoms with Crippen molar-refractivity contribution in [1.29, 1.82) is 0 Å². The first-order valence-corrected chi connectivity index (χ1v) is 24.6. The lowest BCUT2D eigenvalue weighted by molar-refractivity contribution is -0.870. The molecule has 350 valence electrons. The van der Waals surface area contributed by atoms with E-state index in [2.05, 4.69) is 44.2 Å². The van der Waals surface area contributed by atoms with Gasteiger partial charge in [0.2, 0.25) is 0 Å². The van der Waals surface area contributed by atoms with Crippen molar-refractivity contribution >= 4 is 25.5 Å². The van der Waals surface area contributed by atoms with E-state index in [1.54, 1.807) is 12.2 Å². The monoisotopic (exact) mass is 881 g/mol. The Bertz CT molecular complexity index is 1390. The van der Waals surface area contributed by atoms with E-state index >= 15 is 0 Å². The number of quaternary nitrogens is 1. The van der Waals surface area contributed by atoms with Crippen LogP contribution in [0.25, 0.3) is 0 Å². The Morgan fingerprint density at radius 2 is 1.34 bits per heavy atom. The summed E-state index contributed by atoms with van der Waals surface area (Å²) in [5.74, 6) is -1.78. The molecule has 0 amide bonds. The second kappa shape index (κ2) is 34.7. The second-order valence-corrected chi connectivity index (χ2v) is 18.7. The van der Waals surface area contributed by atoms with Gasteiger partial charge in [0, 0.05) is 31.1 Å². The van der Waals surface area contributed by atoms with Gasteiger partial charge >= 0.3 is 19.8 Å². The van der Waals surface area contributed by atoms with E-state index < -0.39 is 44.7 Å². The quantitative estimate of drug-likeness (QED) is 0.0179. The summed E-state index contributed by atoms with van der Waals surface area (Å²) < 4.78 is 34.2. The van der Waals surface area contributed by atoms with Gasteiger partial charge in [-0.25, -0.2) is 4.57 Å². The Kier molecular flexibility index (Phi) is 32.1. The molecule has 0 saturated heterocycles. The first-order chi connectivity index (χ1) is 29.2. The zero-order valence-corrected chi connectivity index (χ0v) is 39.2. The predicted octanol–water partition coefficient (Wildman–Crippen LogP) is 9.83. The van der Waals surface area contributed by atoms with E-state index in [4.69, 9.17) is 18.5 Å². The Labute approximate surface area is 368 Å². The highest BCUT2D eigenvalue weighted by Crippen LogP contribution is 2.43. The van der Waals surface area contributed by atoms with Crippen LogP contribution in [0, 0.1) is 11.8 Å². The van der Waals surface area contributed by atoms with Crippen LogP contribution in [-0.4, -0.2) is 103 Å². The van der Waals surface area contributed by atoms with Crippen molar-refractivity contribution in [3.63, 3.8) is 0 Å². The molecule has 6 atom stereocenters. The van der Waals surface area contributed by atoms with Crippen molar-refractivity contribution in [1.82, 2.24) is 0 Å². The molecule has 1 fully saturated rings. The Morgan fingerprint density at radius 1 is 0.770 bits per heavy atom. The summed E-state index contributed by atoms with van der Waals surface area (Å²) in [6.07, 6.45) is 35.0. The fourth-order valence-electron chi connectivity index (χ4n) is 6.66. The molecule has 0 spiro atoms. The molecule has 1 rings (SSSR count). The second-order valence-electron chi connectivity index (χ2n) is 17.2. The van der Waals surface area contributed by atoms with E-state index in [0.717, 1.165) is 38.5 Å². The smallest absolute Gasteiger partial charge is 0.462 e. The van der Waals surface area contributed by atoms with E-state index in [-0.39, 0.29) is 50.1 Å². The molecule has 1 aliphatic carbocycles. The molecule has 61 heavy (non-hydrogen) atoms. The van der Waals surface area contributed by atoms with Crippen molar-refractivity contribution in [2.45, 2.75) is 167 Å². The molecule has 0 bridgehead atoms. The number of aliphatic hydroxyl groups excluding tert-OH is 2. The summed E-state index contributed by atoms with van der Waals surface area (Å²) in [4.78, 5) is 48.1. The number of carbonyl (C=O) groups excluding carboxylic acids is 3. The lowest BCUT2D eigenvalue weighted by Crippen LogP contribution is -2.37. The molecule has 13 heteroatoms. The van der Waals surface area contributed by atoms with Crippen LogP contribution < -0.4 is 0 Å². The van der Waals surface area contributed by atoms with Crippen molar-refractivity contribution in [2.24, 2.45) is 11.8 Å². The molecular weight excluding hydrogens is 797 g/mol. The first kappa shape index (κ1) is 56.3. The van der Waals surface area contributed by atoms with E-state index in [0.29, 0.717) is 49.6 Å². The Balaban J connectivity index is 2.53. The van der Waals surface area contributed by atoms with Gasteiger partial charge in [0.25, 0.3) is 0 Å². The number of Topliss-reactive ketones (excluding diaryl/α,β-unsaturated/α-hetero) is 1. The number of allylic oxidation sites excluding steroid dienone is 8. The number of esters is 2. The molecular formula is C48H83NO11P+. The fourth-order valence-corrected chi connectivity index (χ4v) is 7.40. The normalized spacial score (nSPS) is 19.5. The summed E-state index contributed by atoms with van der Waals surface area (Å²) in [7, 11) is 1.29. The van der Waals surface area contributed by atoms with Gasteiger partial charge in [-0.2, -0.15) is 0 Å². The maximum absolute atomic E-state index is 12.7. The van der Waals surface area contributed by atoms with Gasteiger partial charge in [-0.15, -0.1) is 0 Å². The predicted molar refractivity (Wildman–Crippen MR) is 243 cm³/mol. The number of ether oxygens (including phenoxy) is 2. The summed E-state index contributed by atoms with van der Waals surface area (Å²) in [6, 6.07) is 0. The zero-order valence-electron chi connectivity index (χ0n) is 38.3. The number of ketones is 1.